The molecule has 0 spiro atoms. The van der Waals surface area contributed by atoms with Gasteiger partial charge in [-0.15, -0.1) is 10.2 Å². The second kappa shape index (κ2) is 12.1. The number of methoxy groups -OCH3 is 2. The van der Waals surface area contributed by atoms with Crippen LogP contribution in [0.4, 0.5) is 0 Å². The summed E-state index contributed by atoms with van der Waals surface area (Å²) < 4.78 is 50.9. The summed E-state index contributed by atoms with van der Waals surface area (Å²) in [5.74, 6) is 2.99. The van der Waals surface area contributed by atoms with Crippen LogP contribution < -0.4 is 28.1 Å². The molecule has 7 nitrogen and oxygen atoms in total. The van der Waals surface area contributed by atoms with Gasteiger partial charge < -0.3 is 9.47 Å². The van der Waals surface area contributed by atoms with E-state index in [2.05, 4.69) is 36.4 Å². The molecule has 1 aromatic heterocycles. The lowest BCUT2D eigenvalue weighted by Crippen LogP contribution is -2.68. The summed E-state index contributed by atoms with van der Waals surface area (Å²) in [6.07, 6.45) is 3.98. The monoisotopic (exact) mass is 494 g/mol. The highest BCUT2D eigenvalue weighted by molar-refractivity contribution is 5.75. The van der Waals surface area contributed by atoms with Crippen LogP contribution in [0.3, 0.4) is 0 Å². The van der Waals surface area contributed by atoms with E-state index in [1.54, 1.807) is 14.2 Å². The molecule has 4 rings (SSSR count). The molecule has 0 saturated carbocycles. The number of halogens is 1. The highest BCUT2D eigenvalue weighted by atomic mass is 35.7. The van der Waals surface area contributed by atoms with Gasteiger partial charge in [-0.25, -0.2) is 23.1 Å². The Morgan fingerprint density at radius 2 is 1.20 bits per heavy atom. The van der Waals surface area contributed by atoms with Crippen molar-refractivity contribution in [3.8, 4) is 33.9 Å². The highest BCUT2D eigenvalue weighted by Gasteiger charge is 2.17. The molecule has 1 heterocycles. The van der Waals surface area contributed by atoms with E-state index >= 15 is 0 Å². The first-order valence-electron chi connectivity index (χ1n) is 10.4. The first kappa shape index (κ1) is 25.9. The third kappa shape index (κ3) is 8.22. The minimum absolute atomic E-state index is 0.694. The van der Waals surface area contributed by atoms with Crippen LogP contribution in [0.2, 0.25) is 0 Å². The van der Waals surface area contributed by atoms with Crippen LogP contribution in [-0.4, -0.2) is 14.2 Å². The smallest absolute Gasteiger partial charge is 0.361 e. The van der Waals surface area contributed by atoms with Gasteiger partial charge in [0.05, 0.1) is 31.9 Å². The van der Waals surface area contributed by atoms with Crippen molar-refractivity contribution in [2.45, 2.75) is 0 Å². The number of benzene rings is 3. The van der Waals surface area contributed by atoms with Gasteiger partial charge in [0.1, 0.15) is 0 Å². The van der Waals surface area contributed by atoms with Crippen molar-refractivity contribution in [3.05, 3.63) is 102 Å². The second-order valence-electron chi connectivity index (χ2n) is 7.17. The summed E-state index contributed by atoms with van der Waals surface area (Å²) in [4.78, 5) is 0. The molecule has 0 aliphatic carbocycles. The first-order chi connectivity index (χ1) is 16.8. The zero-order chi connectivity index (χ0) is 25.3. The second-order valence-corrected chi connectivity index (χ2v) is 7.93. The number of rotatable bonds is 6. The van der Waals surface area contributed by atoms with Gasteiger partial charge in [0.15, 0.2) is 11.5 Å². The van der Waals surface area contributed by atoms with Crippen molar-refractivity contribution in [2.24, 2.45) is 0 Å². The van der Waals surface area contributed by atoms with Crippen LogP contribution in [-0.2, 0) is 0 Å². The van der Waals surface area contributed by atoms with Crippen molar-refractivity contribution in [2.75, 3.05) is 14.2 Å². The lowest BCUT2D eigenvalue weighted by molar-refractivity contribution is -2.00. The average molecular weight is 495 g/mol. The fourth-order valence-corrected chi connectivity index (χ4v) is 3.28. The molecule has 0 bridgehead atoms. The van der Waals surface area contributed by atoms with Crippen molar-refractivity contribution < 1.29 is 42.8 Å². The van der Waals surface area contributed by atoms with Crippen LogP contribution in [0.5, 0.6) is 11.5 Å². The van der Waals surface area contributed by atoms with Gasteiger partial charge >= 0.3 is 11.5 Å². The molecular weight excluding hydrogens is 472 g/mol. The maximum atomic E-state index is 8.49. The maximum Gasteiger partial charge on any atom is 0.361 e. The number of hydrogen-bond acceptors (Lipinski definition) is 6. The molecule has 180 valence electrons. The third-order valence-electron chi connectivity index (χ3n) is 4.83. The highest BCUT2D eigenvalue weighted by Crippen LogP contribution is 2.31. The summed E-state index contributed by atoms with van der Waals surface area (Å²) in [5.41, 5.74) is 4.28. The summed E-state index contributed by atoms with van der Waals surface area (Å²) in [6.45, 7) is 0. The normalized spacial score (nSPS) is 11.0. The minimum atomic E-state index is -4.94. The minimum Gasteiger partial charge on any atom is -0.493 e. The topological polar surface area (TPSA) is 122 Å². The lowest BCUT2D eigenvalue weighted by Gasteiger charge is -2.17. The number of hydrogen-bond donors (Lipinski definition) is 0. The molecule has 0 amide bonds. The molecule has 35 heavy (non-hydrogen) atoms. The van der Waals surface area contributed by atoms with Gasteiger partial charge in [-0.2, -0.15) is 0 Å². The number of ether oxygens (including phenoxy) is 2. The molecule has 0 saturated heterocycles. The first-order valence-corrected chi connectivity index (χ1v) is 11.6. The Bertz CT molecular complexity index is 1190. The van der Waals surface area contributed by atoms with E-state index in [0.29, 0.717) is 11.5 Å². The fourth-order valence-electron chi connectivity index (χ4n) is 3.28. The van der Waals surface area contributed by atoms with Crippen molar-refractivity contribution in [1.29, 1.82) is 0 Å². The molecule has 0 fully saturated rings. The Morgan fingerprint density at radius 1 is 0.629 bits per heavy atom. The standard InChI is InChI=1S/C27H23O3.ClHO4/c1-28-25-16-14-20(17-27(25)29-2)13-15-24-18-23(21-9-5-3-6-10-21)19-26(30-24)22-11-7-4-8-12-22;2-1(3,4)5/h3-19H,1-2H3;(H,2,3,4,5)/q+1;/p-1/b15-13+;. The van der Waals surface area contributed by atoms with Crippen LogP contribution in [0.1, 0.15) is 11.3 Å². The summed E-state index contributed by atoms with van der Waals surface area (Å²) in [6, 6.07) is 30.4. The SMILES string of the molecule is COc1ccc(/C=C/c2cc(-c3ccccc3)cc(-c3ccccc3)[o+]2)cc1OC.[O-][Cl+3]([O-])([O-])[O-]. The molecule has 4 aromatic rings. The third-order valence-corrected chi connectivity index (χ3v) is 4.83. The maximum absolute atomic E-state index is 8.49. The molecule has 0 aliphatic heterocycles. The quantitative estimate of drug-likeness (QED) is 0.377. The summed E-state index contributed by atoms with van der Waals surface area (Å²) in [5, 5.41) is 0. The Morgan fingerprint density at radius 3 is 1.77 bits per heavy atom. The van der Waals surface area contributed by atoms with Gasteiger partial charge in [0, 0.05) is 11.6 Å². The molecule has 0 radical (unpaired) electrons. The average Bonchev–Trinajstić information content (AvgIpc) is 2.87. The van der Waals surface area contributed by atoms with E-state index in [1.165, 1.54) is 0 Å². The summed E-state index contributed by atoms with van der Waals surface area (Å²) in [7, 11) is -1.68. The van der Waals surface area contributed by atoms with Crippen LogP contribution in [0.15, 0.2) is 95.4 Å². The zero-order valence-corrected chi connectivity index (χ0v) is 19.8. The van der Waals surface area contributed by atoms with E-state index < -0.39 is 10.2 Å². The van der Waals surface area contributed by atoms with E-state index in [4.69, 9.17) is 32.5 Å². The van der Waals surface area contributed by atoms with Crippen molar-refractivity contribution in [1.82, 2.24) is 0 Å². The molecule has 0 N–H and O–H groups in total. The molecule has 0 atom stereocenters. The van der Waals surface area contributed by atoms with Crippen LogP contribution >= 0.6 is 0 Å². The van der Waals surface area contributed by atoms with E-state index in [-0.39, 0.29) is 0 Å². The van der Waals surface area contributed by atoms with Gasteiger partial charge in [0.2, 0.25) is 0 Å². The lowest BCUT2D eigenvalue weighted by atomic mass is 10.0. The van der Waals surface area contributed by atoms with Gasteiger partial charge in [-0.1, -0.05) is 54.6 Å². The predicted octanol–water partition coefficient (Wildman–Crippen LogP) is 2.33. The van der Waals surface area contributed by atoms with Crippen molar-refractivity contribution >= 4 is 12.2 Å². The van der Waals surface area contributed by atoms with Gasteiger partial charge in [-0.3, -0.25) is 0 Å². The van der Waals surface area contributed by atoms with Gasteiger partial charge in [-0.05, 0) is 41.5 Å². The van der Waals surface area contributed by atoms with Crippen molar-refractivity contribution in [3.63, 3.8) is 0 Å². The Balaban J connectivity index is 0.000000623. The molecule has 3 aromatic carbocycles. The molecular formula is C27H23ClO7. The van der Waals surface area contributed by atoms with Gasteiger partial charge in [0.25, 0.3) is 0 Å². The molecule has 8 heteroatoms. The fraction of sp³-hybridized carbons (Fsp3) is 0.0741. The zero-order valence-electron chi connectivity index (χ0n) is 19.1. The Labute approximate surface area is 205 Å². The summed E-state index contributed by atoms with van der Waals surface area (Å²) >= 11 is 0. The Hall–Kier alpha value is -3.72. The van der Waals surface area contributed by atoms with Crippen LogP contribution in [0, 0.1) is 10.2 Å². The van der Waals surface area contributed by atoms with E-state index in [9.17, 15) is 0 Å². The Kier molecular flexibility index (Phi) is 8.97. The van der Waals surface area contributed by atoms with Crippen LogP contribution in [0.25, 0.3) is 34.6 Å². The molecule has 0 aliphatic rings. The largest absolute Gasteiger partial charge is 0.493 e. The van der Waals surface area contributed by atoms with E-state index in [0.717, 1.165) is 33.8 Å². The predicted molar refractivity (Wildman–Crippen MR) is 122 cm³/mol. The molecule has 0 unspecified atom stereocenters. The van der Waals surface area contributed by atoms with E-state index in [1.807, 2.05) is 66.7 Å².